The first-order valence-electron chi connectivity index (χ1n) is 6.11. The van der Waals surface area contributed by atoms with E-state index in [-0.39, 0.29) is 17.3 Å². The van der Waals surface area contributed by atoms with E-state index < -0.39 is 0 Å². The smallest absolute Gasteiger partial charge is 0.123 e. The van der Waals surface area contributed by atoms with Gasteiger partial charge in [0.1, 0.15) is 23.4 Å². The minimum Gasteiger partial charge on any atom is -0.488 e. The summed E-state index contributed by atoms with van der Waals surface area (Å²) in [5, 5.41) is 7.83. The number of rotatable bonds is 3. The molecule has 19 heavy (non-hydrogen) atoms. The minimum absolute atomic E-state index is 0.0445. The summed E-state index contributed by atoms with van der Waals surface area (Å²) in [4.78, 5) is 0. The number of benzene rings is 1. The molecule has 0 bridgehead atoms. The Morgan fingerprint density at radius 2 is 2.42 bits per heavy atom. The van der Waals surface area contributed by atoms with Gasteiger partial charge in [-0.15, -0.1) is 16.7 Å². The maximum absolute atomic E-state index is 13.1. The zero-order chi connectivity index (χ0) is 13.4. The Hall–Kier alpha value is -1.62. The number of halogens is 2. The highest BCUT2D eigenvalue weighted by Gasteiger charge is 2.24. The number of aromatic nitrogens is 3. The summed E-state index contributed by atoms with van der Waals surface area (Å²) < 4.78 is 20.6. The van der Waals surface area contributed by atoms with E-state index >= 15 is 0 Å². The molecule has 0 amide bonds. The van der Waals surface area contributed by atoms with Gasteiger partial charge in [-0.3, -0.25) is 0 Å². The van der Waals surface area contributed by atoms with Gasteiger partial charge in [0.05, 0.1) is 18.1 Å². The average molecular weight is 282 g/mol. The number of hydrogen-bond acceptors (Lipinski definition) is 3. The molecule has 2 aromatic rings. The van der Waals surface area contributed by atoms with Crippen LogP contribution in [0.15, 0.2) is 24.4 Å². The van der Waals surface area contributed by atoms with Crippen LogP contribution in [-0.2, 0) is 13.0 Å². The molecule has 0 saturated carbocycles. The average Bonchev–Trinajstić information content (AvgIpc) is 2.95. The second kappa shape index (κ2) is 4.81. The molecule has 100 valence electrons. The van der Waals surface area contributed by atoms with Crippen molar-refractivity contribution in [3.05, 3.63) is 41.5 Å². The number of nitrogens with zero attached hydrogens (tertiary/aromatic N) is 3. The van der Waals surface area contributed by atoms with E-state index in [9.17, 15) is 4.39 Å². The molecule has 4 nitrogen and oxygen atoms in total. The van der Waals surface area contributed by atoms with Crippen LogP contribution < -0.4 is 4.74 Å². The van der Waals surface area contributed by atoms with Gasteiger partial charge in [0.15, 0.2) is 0 Å². The van der Waals surface area contributed by atoms with E-state index in [1.807, 2.05) is 13.1 Å². The van der Waals surface area contributed by atoms with Crippen LogP contribution in [0.25, 0.3) is 0 Å². The number of fused-ring (bicyclic) bond motifs is 1. The quantitative estimate of drug-likeness (QED) is 0.812. The van der Waals surface area contributed by atoms with Crippen LogP contribution in [0.4, 0.5) is 4.39 Å². The first-order chi connectivity index (χ1) is 9.11. The monoisotopic (exact) mass is 281 g/mol. The lowest BCUT2D eigenvalue weighted by atomic mass is 10.1. The summed E-state index contributed by atoms with van der Waals surface area (Å²) in [6.45, 7) is 2.42. The molecular formula is C13H13ClFN3O. The van der Waals surface area contributed by atoms with Gasteiger partial charge >= 0.3 is 0 Å². The zero-order valence-electron chi connectivity index (χ0n) is 10.4. The molecule has 1 aliphatic rings. The standard InChI is InChI=1S/C13H13ClFN3O/c1-8(14)12-7-18(17-16-12)6-11-5-9-4-10(15)2-3-13(9)19-11/h2-4,7-8,11H,5-6H2,1H3. The molecule has 3 rings (SSSR count). The third-order valence-electron chi connectivity index (χ3n) is 3.12. The molecule has 1 aromatic heterocycles. The van der Waals surface area contributed by atoms with Gasteiger partial charge in [0, 0.05) is 12.0 Å². The predicted molar refractivity (Wildman–Crippen MR) is 68.8 cm³/mol. The van der Waals surface area contributed by atoms with E-state index in [1.54, 1.807) is 10.7 Å². The fraction of sp³-hybridized carbons (Fsp3) is 0.385. The lowest BCUT2D eigenvalue weighted by molar-refractivity contribution is 0.202. The lowest BCUT2D eigenvalue weighted by Crippen LogP contribution is -2.21. The first-order valence-corrected chi connectivity index (χ1v) is 6.54. The fourth-order valence-corrected chi connectivity index (χ4v) is 2.28. The van der Waals surface area contributed by atoms with Crippen molar-refractivity contribution in [1.82, 2.24) is 15.0 Å². The SMILES string of the molecule is CC(Cl)c1cn(CC2Cc3cc(F)ccc3O2)nn1. The Balaban J connectivity index is 1.69. The molecule has 0 aliphatic carbocycles. The summed E-state index contributed by atoms with van der Waals surface area (Å²) in [6.07, 6.45) is 2.44. The maximum Gasteiger partial charge on any atom is 0.123 e. The number of alkyl halides is 1. The van der Waals surface area contributed by atoms with Gasteiger partial charge in [-0.2, -0.15) is 0 Å². The molecule has 0 saturated heterocycles. The van der Waals surface area contributed by atoms with Gasteiger partial charge in [-0.05, 0) is 25.1 Å². The Morgan fingerprint density at radius 1 is 1.58 bits per heavy atom. The Labute approximate surface area is 115 Å². The molecule has 6 heteroatoms. The van der Waals surface area contributed by atoms with Crippen LogP contribution in [0.1, 0.15) is 23.6 Å². The van der Waals surface area contributed by atoms with Crippen molar-refractivity contribution >= 4 is 11.6 Å². The summed E-state index contributed by atoms with van der Waals surface area (Å²) >= 11 is 5.93. The number of ether oxygens (including phenoxy) is 1. The summed E-state index contributed by atoms with van der Waals surface area (Å²) in [5.74, 6) is 0.513. The topological polar surface area (TPSA) is 39.9 Å². The highest BCUT2D eigenvalue weighted by atomic mass is 35.5. The van der Waals surface area contributed by atoms with Crippen LogP contribution >= 0.6 is 11.6 Å². The molecule has 2 atom stereocenters. The molecule has 0 radical (unpaired) electrons. The van der Waals surface area contributed by atoms with Crippen LogP contribution in [0.5, 0.6) is 5.75 Å². The van der Waals surface area contributed by atoms with Crippen molar-refractivity contribution in [3.63, 3.8) is 0 Å². The first kappa shape index (κ1) is 12.4. The van der Waals surface area contributed by atoms with Crippen molar-refractivity contribution in [2.45, 2.75) is 31.4 Å². The highest BCUT2D eigenvalue weighted by molar-refractivity contribution is 6.20. The molecule has 1 aromatic carbocycles. The third kappa shape index (κ3) is 2.56. The number of hydrogen-bond donors (Lipinski definition) is 0. The Morgan fingerprint density at radius 3 is 3.16 bits per heavy atom. The fourth-order valence-electron chi connectivity index (χ4n) is 2.18. The Bertz CT molecular complexity index is 599. The summed E-state index contributed by atoms with van der Waals surface area (Å²) in [5.41, 5.74) is 1.64. The zero-order valence-corrected chi connectivity index (χ0v) is 11.1. The largest absolute Gasteiger partial charge is 0.488 e. The molecule has 1 aliphatic heterocycles. The molecular weight excluding hydrogens is 269 g/mol. The second-order valence-electron chi connectivity index (χ2n) is 4.68. The van der Waals surface area contributed by atoms with Crippen molar-refractivity contribution < 1.29 is 9.13 Å². The van der Waals surface area contributed by atoms with Gasteiger partial charge in [0.25, 0.3) is 0 Å². The van der Waals surface area contributed by atoms with Crippen molar-refractivity contribution in [3.8, 4) is 5.75 Å². The van der Waals surface area contributed by atoms with Crippen molar-refractivity contribution in [2.24, 2.45) is 0 Å². The van der Waals surface area contributed by atoms with E-state index in [0.29, 0.717) is 13.0 Å². The molecule has 0 N–H and O–H groups in total. The van der Waals surface area contributed by atoms with Crippen molar-refractivity contribution in [1.29, 1.82) is 0 Å². The molecule has 2 heterocycles. The van der Waals surface area contributed by atoms with E-state index in [2.05, 4.69) is 10.3 Å². The maximum atomic E-state index is 13.1. The molecule has 2 unspecified atom stereocenters. The second-order valence-corrected chi connectivity index (χ2v) is 5.33. The van der Waals surface area contributed by atoms with Gasteiger partial charge in [-0.25, -0.2) is 9.07 Å². The normalized spacial score (nSPS) is 19.0. The van der Waals surface area contributed by atoms with E-state index in [1.165, 1.54) is 12.1 Å². The van der Waals surface area contributed by atoms with Gasteiger partial charge < -0.3 is 4.74 Å². The Kier molecular flexibility index (Phi) is 3.14. The highest BCUT2D eigenvalue weighted by Crippen LogP contribution is 2.29. The third-order valence-corrected chi connectivity index (χ3v) is 3.34. The predicted octanol–water partition coefficient (Wildman–Crippen LogP) is 2.72. The molecule has 0 fully saturated rings. The van der Waals surface area contributed by atoms with Crippen LogP contribution in [0.3, 0.4) is 0 Å². The van der Waals surface area contributed by atoms with Crippen LogP contribution in [0, 0.1) is 5.82 Å². The minimum atomic E-state index is -0.234. The van der Waals surface area contributed by atoms with Crippen LogP contribution in [-0.4, -0.2) is 21.1 Å². The van der Waals surface area contributed by atoms with Gasteiger partial charge in [0.2, 0.25) is 0 Å². The van der Waals surface area contributed by atoms with E-state index in [0.717, 1.165) is 17.0 Å². The lowest BCUT2D eigenvalue weighted by Gasteiger charge is -2.09. The van der Waals surface area contributed by atoms with Gasteiger partial charge in [-0.1, -0.05) is 5.21 Å². The molecule has 0 spiro atoms. The summed E-state index contributed by atoms with van der Waals surface area (Å²) in [6, 6.07) is 4.59. The van der Waals surface area contributed by atoms with Crippen LogP contribution in [0.2, 0.25) is 0 Å². The van der Waals surface area contributed by atoms with E-state index in [4.69, 9.17) is 16.3 Å². The summed E-state index contributed by atoms with van der Waals surface area (Å²) in [7, 11) is 0. The van der Waals surface area contributed by atoms with Crippen molar-refractivity contribution in [2.75, 3.05) is 0 Å².